The third-order valence-corrected chi connectivity index (χ3v) is 4.66. The van der Waals surface area contributed by atoms with Crippen molar-refractivity contribution >= 4 is 5.97 Å². The maximum absolute atomic E-state index is 11.0. The minimum atomic E-state index is -0.687. The second kappa shape index (κ2) is 5.54. The summed E-state index contributed by atoms with van der Waals surface area (Å²) in [6, 6.07) is 8.89. The molecule has 4 heteroatoms. The van der Waals surface area contributed by atoms with Gasteiger partial charge in [0, 0.05) is 19.1 Å². The van der Waals surface area contributed by atoms with Gasteiger partial charge in [-0.3, -0.25) is 4.79 Å². The number of rotatable bonds is 3. The average Bonchev–Trinajstić information content (AvgIpc) is 3.07. The van der Waals surface area contributed by atoms with Gasteiger partial charge >= 0.3 is 5.97 Å². The number of nitrogens with one attached hydrogen (secondary N) is 1. The molecule has 2 aliphatic rings. The standard InChI is InChI=1S/C16H22N2O2/c1-18-6-5-13(10-18)11-3-2-4-12(7-11)15-8-14(9-17-15)16(19)20/h2-4,7,13-15,17H,5-6,8-10H2,1H3,(H,19,20). The van der Waals surface area contributed by atoms with E-state index in [2.05, 4.69) is 41.5 Å². The molecule has 0 aliphatic carbocycles. The fraction of sp³-hybridized carbons (Fsp3) is 0.562. The molecule has 2 heterocycles. The average molecular weight is 274 g/mol. The van der Waals surface area contributed by atoms with Crippen molar-refractivity contribution in [1.82, 2.24) is 10.2 Å². The molecule has 0 radical (unpaired) electrons. The first-order chi connectivity index (χ1) is 9.63. The van der Waals surface area contributed by atoms with Crippen LogP contribution in [0, 0.1) is 5.92 Å². The van der Waals surface area contributed by atoms with Crippen LogP contribution < -0.4 is 5.32 Å². The monoisotopic (exact) mass is 274 g/mol. The van der Waals surface area contributed by atoms with Gasteiger partial charge in [0.2, 0.25) is 0 Å². The number of carboxylic acids is 1. The highest BCUT2D eigenvalue weighted by molar-refractivity contribution is 5.70. The van der Waals surface area contributed by atoms with E-state index in [9.17, 15) is 4.79 Å². The van der Waals surface area contributed by atoms with E-state index >= 15 is 0 Å². The van der Waals surface area contributed by atoms with Gasteiger partial charge in [0.15, 0.2) is 0 Å². The maximum atomic E-state index is 11.0. The molecule has 0 spiro atoms. The maximum Gasteiger partial charge on any atom is 0.307 e. The number of hydrogen-bond donors (Lipinski definition) is 2. The molecular weight excluding hydrogens is 252 g/mol. The lowest BCUT2D eigenvalue weighted by atomic mass is 9.93. The smallest absolute Gasteiger partial charge is 0.307 e. The molecule has 0 aromatic heterocycles. The van der Waals surface area contributed by atoms with Gasteiger partial charge in [-0.15, -0.1) is 0 Å². The predicted molar refractivity (Wildman–Crippen MR) is 77.8 cm³/mol. The van der Waals surface area contributed by atoms with E-state index in [0.29, 0.717) is 18.9 Å². The SMILES string of the molecule is CN1CCC(c2cccc(C3CC(C(=O)O)CN3)c2)C1. The minimum absolute atomic E-state index is 0.190. The molecule has 3 rings (SSSR count). The van der Waals surface area contributed by atoms with E-state index in [0.717, 1.165) is 13.1 Å². The molecule has 3 unspecified atom stereocenters. The van der Waals surface area contributed by atoms with Crippen LogP contribution in [0.2, 0.25) is 0 Å². The van der Waals surface area contributed by atoms with Crippen LogP contribution in [-0.4, -0.2) is 42.7 Å². The number of hydrogen-bond acceptors (Lipinski definition) is 3. The Bertz CT molecular complexity index is 503. The van der Waals surface area contributed by atoms with Crippen molar-refractivity contribution < 1.29 is 9.90 Å². The summed E-state index contributed by atoms with van der Waals surface area (Å²) in [4.78, 5) is 13.4. The number of nitrogens with zero attached hydrogens (tertiary/aromatic N) is 1. The van der Waals surface area contributed by atoms with Crippen molar-refractivity contribution in [3.05, 3.63) is 35.4 Å². The highest BCUT2D eigenvalue weighted by Gasteiger charge is 2.30. The molecule has 2 N–H and O–H groups in total. The highest BCUT2D eigenvalue weighted by Crippen LogP contribution is 2.31. The number of aliphatic carboxylic acids is 1. The van der Waals surface area contributed by atoms with Crippen molar-refractivity contribution in [3.8, 4) is 0 Å². The lowest BCUT2D eigenvalue weighted by Gasteiger charge is -2.15. The molecule has 2 fully saturated rings. The lowest BCUT2D eigenvalue weighted by Crippen LogP contribution is -2.17. The highest BCUT2D eigenvalue weighted by atomic mass is 16.4. The summed E-state index contributed by atoms with van der Waals surface area (Å²) in [5.41, 5.74) is 2.63. The predicted octanol–water partition coefficient (Wildman–Crippen LogP) is 1.84. The second-order valence-corrected chi connectivity index (χ2v) is 6.15. The molecule has 20 heavy (non-hydrogen) atoms. The Morgan fingerprint density at radius 1 is 1.40 bits per heavy atom. The molecule has 4 nitrogen and oxygen atoms in total. The molecule has 2 aliphatic heterocycles. The van der Waals surface area contributed by atoms with Crippen molar-refractivity contribution in [2.24, 2.45) is 5.92 Å². The summed E-state index contributed by atoms with van der Waals surface area (Å²) in [6.07, 6.45) is 1.92. The van der Waals surface area contributed by atoms with E-state index in [1.54, 1.807) is 0 Å². The summed E-state index contributed by atoms with van der Waals surface area (Å²) >= 11 is 0. The van der Waals surface area contributed by atoms with Gasteiger partial charge in [-0.25, -0.2) is 0 Å². The Morgan fingerprint density at radius 2 is 2.20 bits per heavy atom. The third-order valence-electron chi connectivity index (χ3n) is 4.66. The molecule has 108 valence electrons. The quantitative estimate of drug-likeness (QED) is 0.883. The van der Waals surface area contributed by atoms with Crippen LogP contribution in [0.3, 0.4) is 0 Å². The molecule has 2 saturated heterocycles. The first-order valence-corrected chi connectivity index (χ1v) is 7.38. The Labute approximate surface area is 119 Å². The first kappa shape index (κ1) is 13.6. The fourth-order valence-electron chi connectivity index (χ4n) is 3.41. The normalized spacial score (nSPS) is 30.8. The largest absolute Gasteiger partial charge is 0.481 e. The van der Waals surface area contributed by atoms with Crippen molar-refractivity contribution in [2.75, 3.05) is 26.7 Å². The summed E-state index contributed by atoms with van der Waals surface area (Å²) in [5, 5.41) is 12.4. The number of carboxylic acid groups (broad SMARTS) is 1. The number of likely N-dealkylation sites (N-methyl/N-ethyl adjacent to an activating group) is 1. The summed E-state index contributed by atoms with van der Waals surface area (Å²) < 4.78 is 0. The molecule has 1 aromatic carbocycles. The molecule has 0 amide bonds. The van der Waals surface area contributed by atoms with Crippen LogP contribution in [0.4, 0.5) is 0 Å². The summed E-state index contributed by atoms with van der Waals surface area (Å²) in [6.45, 7) is 2.87. The van der Waals surface area contributed by atoms with Gasteiger partial charge in [0.25, 0.3) is 0 Å². The number of benzene rings is 1. The van der Waals surface area contributed by atoms with Gasteiger partial charge in [0.05, 0.1) is 5.92 Å². The molecule has 3 atom stereocenters. The van der Waals surface area contributed by atoms with Gasteiger partial charge in [-0.05, 0) is 43.5 Å². The summed E-state index contributed by atoms with van der Waals surface area (Å²) in [7, 11) is 2.17. The van der Waals surface area contributed by atoms with Gasteiger partial charge in [-0.1, -0.05) is 24.3 Å². The second-order valence-electron chi connectivity index (χ2n) is 6.15. The Kier molecular flexibility index (Phi) is 3.76. The van der Waals surface area contributed by atoms with E-state index in [1.165, 1.54) is 17.5 Å². The minimum Gasteiger partial charge on any atom is -0.481 e. The van der Waals surface area contributed by atoms with E-state index < -0.39 is 5.97 Å². The van der Waals surface area contributed by atoms with E-state index in [-0.39, 0.29) is 12.0 Å². The van der Waals surface area contributed by atoms with Crippen molar-refractivity contribution in [2.45, 2.75) is 24.8 Å². The fourth-order valence-corrected chi connectivity index (χ4v) is 3.41. The molecular formula is C16H22N2O2. The van der Waals surface area contributed by atoms with Crippen LogP contribution in [0.15, 0.2) is 24.3 Å². The topological polar surface area (TPSA) is 52.6 Å². The lowest BCUT2D eigenvalue weighted by molar-refractivity contribution is -0.141. The van der Waals surface area contributed by atoms with Crippen molar-refractivity contribution in [3.63, 3.8) is 0 Å². The van der Waals surface area contributed by atoms with Crippen LogP contribution in [-0.2, 0) is 4.79 Å². The first-order valence-electron chi connectivity index (χ1n) is 7.38. The van der Waals surface area contributed by atoms with Gasteiger partial charge in [-0.2, -0.15) is 0 Å². The zero-order valence-electron chi connectivity index (χ0n) is 11.9. The zero-order chi connectivity index (χ0) is 14.1. The number of likely N-dealkylation sites (tertiary alicyclic amines) is 1. The van der Waals surface area contributed by atoms with E-state index in [1.807, 2.05) is 0 Å². The molecule has 1 aromatic rings. The molecule has 0 saturated carbocycles. The third kappa shape index (κ3) is 2.72. The number of carbonyl (C=O) groups is 1. The van der Waals surface area contributed by atoms with Crippen LogP contribution in [0.25, 0.3) is 0 Å². The van der Waals surface area contributed by atoms with Crippen LogP contribution in [0.5, 0.6) is 0 Å². The van der Waals surface area contributed by atoms with E-state index in [4.69, 9.17) is 5.11 Å². The Hall–Kier alpha value is -1.39. The van der Waals surface area contributed by atoms with Gasteiger partial charge in [0.1, 0.15) is 0 Å². The zero-order valence-corrected chi connectivity index (χ0v) is 11.9. The Morgan fingerprint density at radius 3 is 2.85 bits per heavy atom. The van der Waals surface area contributed by atoms with Crippen LogP contribution in [0.1, 0.15) is 35.9 Å². The van der Waals surface area contributed by atoms with Gasteiger partial charge < -0.3 is 15.3 Å². The Balaban J connectivity index is 1.73. The van der Waals surface area contributed by atoms with Crippen molar-refractivity contribution in [1.29, 1.82) is 0 Å². The van der Waals surface area contributed by atoms with Crippen LogP contribution >= 0.6 is 0 Å². The summed E-state index contributed by atoms with van der Waals surface area (Å²) in [5.74, 6) is -0.313. The molecule has 0 bridgehead atoms.